The Morgan fingerprint density at radius 3 is 1.88 bits per heavy atom. The standard InChI is InChI=1S/C4H5BrCl3/c1-3(5)2-4(6,7)8/h3H,1-2H2. The average Bonchev–Trinajstić information content (AvgIpc) is 1.21. The third kappa shape index (κ3) is 7.35. The minimum absolute atomic E-state index is 0.00926. The molecule has 0 saturated carbocycles. The molecule has 0 aliphatic carbocycles. The van der Waals surface area contributed by atoms with Gasteiger partial charge in [0.1, 0.15) is 0 Å². The van der Waals surface area contributed by atoms with Gasteiger partial charge in [-0.25, -0.2) is 0 Å². The van der Waals surface area contributed by atoms with E-state index in [4.69, 9.17) is 34.8 Å². The van der Waals surface area contributed by atoms with Gasteiger partial charge in [0.15, 0.2) is 3.79 Å². The van der Waals surface area contributed by atoms with Crippen molar-refractivity contribution in [2.45, 2.75) is 15.0 Å². The van der Waals surface area contributed by atoms with Crippen molar-refractivity contribution >= 4 is 50.7 Å². The second-order valence-corrected chi connectivity index (χ2v) is 5.23. The van der Waals surface area contributed by atoms with Crippen molar-refractivity contribution in [3.63, 3.8) is 0 Å². The first-order valence-corrected chi connectivity index (χ1v) is 4.00. The van der Waals surface area contributed by atoms with Crippen LogP contribution in [0.15, 0.2) is 0 Å². The van der Waals surface area contributed by atoms with Crippen molar-refractivity contribution in [2.75, 3.05) is 0 Å². The zero-order chi connectivity index (χ0) is 6.78. The van der Waals surface area contributed by atoms with Gasteiger partial charge in [-0.2, -0.15) is 0 Å². The molecule has 8 heavy (non-hydrogen) atoms. The predicted octanol–water partition coefficient (Wildman–Crippen LogP) is 3.34. The summed E-state index contributed by atoms with van der Waals surface area (Å²) in [6, 6.07) is 0. The Bertz CT molecular complexity index is 66.2. The van der Waals surface area contributed by atoms with Gasteiger partial charge < -0.3 is 0 Å². The Balaban J connectivity index is 3.39. The van der Waals surface area contributed by atoms with Crippen molar-refractivity contribution in [1.82, 2.24) is 0 Å². The summed E-state index contributed by atoms with van der Waals surface area (Å²) in [4.78, 5) is 0.00926. The first kappa shape index (κ1) is 9.35. The molecular weight excluding hydrogens is 234 g/mol. The van der Waals surface area contributed by atoms with Gasteiger partial charge in [0.25, 0.3) is 0 Å². The summed E-state index contributed by atoms with van der Waals surface area (Å²) >= 11 is 19.3. The van der Waals surface area contributed by atoms with E-state index < -0.39 is 3.79 Å². The van der Waals surface area contributed by atoms with Gasteiger partial charge >= 0.3 is 0 Å². The first-order valence-electron chi connectivity index (χ1n) is 1.96. The van der Waals surface area contributed by atoms with E-state index in [-0.39, 0.29) is 4.83 Å². The lowest BCUT2D eigenvalue weighted by molar-refractivity contribution is 0.903. The second kappa shape index (κ2) is 3.50. The molecule has 0 aromatic rings. The largest absolute Gasteiger partial charge is 0.191 e. The second-order valence-electron chi connectivity index (χ2n) is 1.42. The number of hydrogen-bond acceptors (Lipinski definition) is 0. The van der Waals surface area contributed by atoms with Gasteiger partial charge in [0.2, 0.25) is 0 Å². The maximum Gasteiger partial charge on any atom is 0.191 e. The van der Waals surface area contributed by atoms with E-state index in [1.165, 1.54) is 0 Å². The Morgan fingerprint density at radius 1 is 1.50 bits per heavy atom. The molecule has 4 heteroatoms. The Kier molecular flexibility index (Phi) is 4.09. The molecule has 0 amide bonds. The summed E-state index contributed by atoms with van der Waals surface area (Å²) in [6.45, 7) is 3.59. The number of alkyl halides is 4. The van der Waals surface area contributed by atoms with Crippen LogP contribution in [0.4, 0.5) is 0 Å². The molecule has 0 bridgehead atoms. The van der Waals surface area contributed by atoms with Crippen molar-refractivity contribution in [2.24, 2.45) is 0 Å². The lowest BCUT2D eigenvalue weighted by Crippen LogP contribution is -2.07. The van der Waals surface area contributed by atoms with Crippen molar-refractivity contribution in [1.29, 1.82) is 0 Å². The quantitative estimate of drug-likeness (QED) is 0.616. The molecule has 0 heterocycles. The Morgan fingerprint density at radius 2 is 1.88 bits per heavy atom. The van der Waals surface area contributed by atoms with Crippen LogP contribution in [0.25, 0.3) is 0 Å². The van der Waals surface area contributed by atoms with Crippen LogP contribution in [0.1, 0.15) is 6.42 Å². The van der Waals surface area contributed by atoms with E-state index in [2.05, 4.69) is 22.9 Å². The molecular formula is C4H5BrCl3. The van der Waals surface area contributed by atoms with Gasteiger partial charge in [-0.05, 0) is 6.92 Å². The van der Waals surface area contributed by atoms with Crippen LogP contribution in [0.5, 0.6) is 0 Å². The molecule has 0 saturated heterocycles. The maximum absolute atomic E-state index is 5.39. The molecule has 0 aromatic carbocycles. The van der Waals surface area contributed by atoms with Crippen LogP contribution >= 0.6 is 50.7 Å². The Hall–Kier alpha value is 1.35. The van der Waals surface area contributed by atoms with Crippen LogP contribution in [-0.4, -0.2) is 8.62 Å². The van der Waals surface area contributed by atoms with Gasteiger partial charge in [-0.15, -0.1) is 0 Å². The summed E-state index contributed by atoms with van der Waals surface area (Å²) in [5.74, 6) is 0. The minimum Gasteiger partial charge on any atom is -0.0889 e. The van der Waals surface area contributed by atoms with Crippen LogP contribution < -0.4 is 0 Å². The number of rotatable bonds is 1. The lowest BCUT2D eigenvalue weighted by atomic mass is 10.4. The predicted molar refractivity (Wildman–Crippen MR) is 43.0 cm³/mol. The highest BCUT2D eigenvalue weighted by Gasteiger charge is 2.21. The third-order valence-electron chi connectivity index (χ3n) is 0.453. The molecule has 0 N–H and O–H groups in total. The van der Waals surface area contributed by atoms with Crippen LogP contribution in [0.3, 0.4) is 0 Å². The smallest absolute Gasteiger partial charge is 0.0889 e. The number of hydrogen-bond donors (Lipinski definition) is 0. The van der Waals surface area contributed by atoms with E-state index in [9.17, 15) is 0 Å². The van der Waals surface area contributed by atoms with Crippen molar-refractivity contribution < 1.29 is 0 Å². The molecule has 0 spiro atoms. The van der Waals surface area contributed by atoms with Gasteiger partial charge in [-0.1, -0.05) is 50.7 Å². The normalized spacial score (nSPS) is 16.1. The molecule has 49 valence electrons. The Labute approximate surface area is 72.6 Å². The van der Waals surface area contributed by atoms with E-state index in [1.54, 1.807) is 0 Å². The van der Waals surface area contributed by atoms with E-state index in [1.807, 2.05) is 0 Å². The fourth-order valence-corrected chi connectivity index (χ4v) is 1.85. The molecule has 0 aromatic heterocycles. The van der Waals surface area contributed by atoms with Gasteiger partial charge in [0.05, 0.1) is 0 Å². The third-order valence-corrected chi connectivity index (χ3v) is 1.24. The summed E-state index contributed by atoms with van der Waals surface area (Å²) in [5.41, 5.74) is 0. The summed E-state index contributed by atoms with van der Waals surface area (Å²) in [5, 5.41) is 0. The highest BCUT2D eigenvalue weighted by atomic mass is 79.9. The van der Waals surface area contributed by atoms with Crippen LogP contribution in [0, 0.1) is 6.92 Å². The molecule has 0 rings (SSSR count). The van der Waals surface area contributed by atoms with Gasteiger partial charge in [0, 0.05) is 11.2 Å². The summed E-state index contributed by atoms with van der Waals surface area (Å²) < 4.78 is -1.17. The minimum atomic E-state index is -1.17. The maximum atomic E-state index is 5.39. The zero-order valence-corrected chi connectivity index (χ0v) is 7.86. The topological polar surface area (TPSA) is 0 Å². The van der Waals surface area contributed by atoms with Crippen molar-refractivity contribution in [3.8, 4) is 0 Å². The zero-order valence-electron chi connectivity index (χ0n) is 4.00. The molecule has 1 unspecified atom stereocenters. The van der Waals surface area contributed by atoms with E-state index in [0.29, 0.717) is 6.42 Å². The SMILES string of the molecule is [CH2]C(Br)CC(Cl)(Cl)Cl. The molecule has 0 aliphatic rings. The monoisotopic (exact) mass is 237 g/mol. The highest BCUT2D eigenvalue weighted by molar-refractivity contribution is 9.09. The fourth-order valence-electron chi connectivity index (χ4n) is 0.251. The highest BCUT2D eigenvalue weighted by Crippen LogP contribution is 2.32. The fraction of sp³-hybridized carbons (Fsp3) is 0.750. The first-order chi connectivity index (χ1) is 3.42. The molecule has 0 aliphatic heterocycles. The lowest BCUT2D eigenvalue weighted by Gasteiger charge is -2.10. The average molecular weight is 239 g/mol. The van der Waals surface area contributed by atoms with Crippen LogP contribution in [0.2, 0.25) is 0 Å². The molecule has 1 radical (unpaired) electrons. The summed E-state index contributed by atoms with van der Waals surface area (Å²) in [6.07, 6.45) is 0.428. The van der Waals surface area contributed by atoms with Crippen LogP contribution in [-0.2, 0) is 0 Å². The molecule has 0 fully saturated rings. The van der Waals surface area contributed by atoms with E-state index >= 15 is 0 Å². The van der Waals surface area contributed by atoms with Crippen molar-refractivity contribution in [3.05, 3.63) is 6.92 Å². The number of halogens is 4. The van der Waals surface area contributed by atoms with E-state index in [0.717, 1.165) is 0 Å². The summed E-state index contributed by atoms with van der Waals surface area (Å²) in [7, 11) is 0. The van der Waals surface area contributed by atoms with Gasteiger partial charge in [-0.3, -0.25) is 0 Å². The molecule has 1 atom stereocenters. The molecule has 0 nitrogen and oxygen atoms in total.